The number of hydrogen-bond acceptors (Lipinski definition) is 3. The van der Waals surface area contributed by atoms with Crippen LogP contribution in [0, 0.1) is 5.92 Å². The molecule has 3 nitrogen and oxygen atoms in total. The first-order valence-corrected chi connectivity index (χ1v) is 5.75. The molecule has 0 bridgehead atoms. The molecule has 0 saturated heterocycles. The maximum atomic E-state index is 6.12. The smallest absolute Gasteiger partial charge is 0.123 e. The predicted molar refractivity (Wildman–Crippen MR) is 67.8 cm³/mol. The third-order valence-electron chi connectivity index (χ3n) is 2.65. The van der Waals surface area contributed by atoms with E-state index in [2.05, 4.69) is 6.92 Å². The van der Waals surface area contributed by atoms with Crippen LogP contribution in [0.4, 0.5) is 0 Å². The fourth-order valence-corrected chi connectivity index (χ4v) is 1.83. The highest BCUT2D eigenvalue weighted by molar-refractivity contribution is 6.30. The Labute approximate surface area is 102 Å². The lowest BCUT2D eigenvalue weighted by atomic mass is 9.96. The van der Waals surface area contributed by atoms with Gasteiger partial charge in [0.05, 0.1) is 7.11 Å². The SMILES string of the molecule is COc1ccc(Cl)cc1C(N)CC(C)CN. The number of halogens is 1. The molecule has 0 amide bonds. The maximum absolute atomic E-state index is 6.12. The second kappa shape index (κ2) is 6.09. The molecule has 0 fully saturated rings. The predicted octanol–water partition coefficient (Wildman–Crippen LogP) is 2.33. The van der Waals surface area contributed by atoms with Gasteiger partial charge in [-0.1, -0.05) is 18.5 Å². The molecule has 4 N–H and O–H groups in total. The van der Waals surface area contributed by atoms with Gasteiger partial charge in [0.2, 0.25) is 0 Å². The lowest BCUT2D eigenvalue weighted by molar-refractivity contribution is 0.397. The summed E-state index contributed by atoms with van der Waals surface area (Å²) >= 11 is 5.95. The molecule has 90 valence electrons. The summed E-state index contributed by atoms with van der Waals surface area (Å²) in [6, 6.07) is 5.40. The number of rotatable bonds is 5. The molecule has 1 rings (SSSR count). The summed E-state index contributed by atoms with van der Waals surface area (Å²) in [5, 5.41) is 0.673. The fourth-order valence-electron chi connectivity index (χ4n) is 1.65. The largest absolute Gasteiger partial charge is 0.496 e. The minimum absolute atomic E-state index is 0.0906. The number of hydrogen-bond donors (Lipinski definition) is 2. The Bertz CT molecular complexity index is 344. The van der Waals surface area contributed by atoms with Crippen molar-refractivity contribution < 1.29 is 4.74 Å². The highest BCUT2D eigenvalue weighted by Gasteiger charge is 2.15. The van der Waals surface area contributed by atoms with Crippen LogP contribution in [0.3, 0.4) is 0 Å². The van der Waals surface area contributed by atoms with Gasteiger partial charge in [0.15, 0.2) is 0 Å². The molecule has 2 unspecified atom stereocenters. The minimum atomic E-state index is -0.0906. The first-order chi connectivity index (χ1) is 7.58. The molecule has 2 atom stereocenters. The van der Waals surface area contributed by atoms with Gasteiger partial charge in [-0.25, -0.2) is 0 Å². The van der Waals surface area contributed by atoms with Crippen molar-refractivity contribution in [3.05, 3.63) is 28.8 Å². The van der Waals surface area contributed by atoms with Crippen LogP contribution in [-0.4, -0.2) is 13.7 Å². The molecule has 4 heteroatoms. The van der Waals surface area contributed by atoms with Gasteiger partial charge in [-0.05, 0) is 37.1 Å². The third kappa shape index (κ3) is 3.37. The average molecular weight is 243 g/mol. The molecule has 0 aromatic heterocycles. The van der Waals surface area contributed by atoms with Crippen molar-refractivity contribution in [1.82, 2.24) is 0 Å². The van der Waals surface area contributed by atoms with Crippen LogP contribution in [0.15, 0.2) is 18.2 Å². The van der Waals surface area contributed by atoms with E-state index in [-0.39, 0.29) is 6.04 Å². The van der Waals surface area contributed by atoms with Crippen LogP contribution < -0.4 is 16.2 Å². The number of nitrogens with two attached hydrogens (primary N) is 2. The summed E-state index contributed by atoms with van der Waals surface area (Å²) in [6.45, 7) is 2.72. The van der Waals surface area contributed by atoms with Crippen LogP contribution in [0.25, 0.3) is 0 Å². The van der Waals surface area contributed by atoms with Gasteiger partial charge in [-0.2, -0.15) is 0 Å². The number of methoxy groups -OCH3 is 1. The Balaban J connectivity index is 2.88. The third-order valence-corrected chi connectivity index (χ3v) is 2.88. The number of ether oxygens (including phenoxy) is 1. The molecule has 0 aliphatic rings. The van der Waals surface area contributed by atoms with Gasteiger partial charge in [-0.15, -0.1) is 0 Å². The Hall–Kier alpha value is -0.770. The van der Waals surface area contributed by atoms with Gasteiger partial charge < -0.3 is 16.2 Å². The van der Waals surface area contributed by atoms with Crippen molar-refractivity contribution in [2.75, 3.05) is 13.7 Å². The molecule has 0 heterocycles. The summed E-state index contributed by atoms with van der Waals surface area (Å²) in [7, 11) is 1.63. The zero-order chi connectivity index (χ0) is 12.1. The summed E-state index contributed by atoms with van der Waals surface area (Å²) < 4.78 is 5.27. The van der Waals surface area contributed by atoms with Gasteiger partial charge in [0.1, 0.15) is 5.75 Å². The van der Waals surface area contributed by atoms with Crippen LogP contribution in [0.1, 0.15) is 24.9 Å². The van der Waals surface area contributed by atoms with Crippen LogP contribution in [-0.2, 0) is 0 Å². The zero-order valence-electron chi connectivity index (χ0n) is 9.74. The normalized spacial score (nSPS) is 14.6. The second-order valence-corrected chi connectivity index (χ2v) is 4.51. The molecule has 1 aromatic rings. The standard InChI is InChI=1S/C12H19ClN2O/c1-8(7-14)5-11(15)10-6-9(13)3-4-12(10)16-2/h3-4,6,8,11H,5,7,14-15H2,1-2H3. The fraction of sp³-hybridized carbons (Fsp3) is 0.500. The van der Waals surface area contributed by atoms with E-state index in [4.69, 9.17) is 27.8 Å². The van der Waals surface area contributed by atoms with Crippen molar-refractivity contribution in [3.63, 3.8) is 0 Å². The summed E-state index contributed by atoms with van der Waals surface area (Å²) in [6.07, 6.45) is 0.827. The number of benzene rings is 1. The molecular weight excluding hydrogens is 224 g/mol. The average Bonchev–Trinajstić information content (AvgIpc) is 2.28. The lowest BCUT2D eigenvalue weighted by Crippen LogP contribution is -2.19. The molecular formula is C12H19ClN2O. The van der Waals surface area contributed by atoms with Gasteiger partial charge in [0.25, 0.3) is 0 Å². The summed E-state index contributed by atoms with van der Waals surface area (Å²) in [5.74, 6) is 1.17. The van der Waals surface area contributed by atoms with E-state index in [0.29, 0.717) is 17.5 Å². The summed E-state index contributed by atoms with van der Waals surface area (Å²) in [5.41, 5.74) is 12.6. The van der Waals surface area contributed by atoms with Crippen LogP contribution in [0.5, 0.6) is 5.75 Å². The van der Waals surface area contributed by atoms with Crippen LogP contribution >= 0.6 is 11.6 Å². The zero-order valence-corrected chi connectivity index (χ0v) is 10.5. The van der Waals surface area contributed by atoms with E-state index in [1.165, 1.54) is 0 Å². The maximum Gasteiger partial charge on any atom is 0.123 e. The highest BCUT2D eigenvalue weighted by Crippen LogP contribution is 2.30. The quantitative estimate of drug-likeness (QED) is 0.833. The Morgan fingerprint density at radius 1 is 1.44 bits per heavy atom. The van der Waals surface area contributed by atoms with Crippen molar-refractivity contribution in [3.8, 4) is 5.75 Å². The molecule has 0 aliphatic carbocycles. The molecule has 0 radical (unpaired) electrons. The molecule has 16 heavy (non-hydrogen) atoms. The first-order valence-electron chi connectivity index (χ1n) is 5.37. The Morgan fingerprint density at radius 2 is 2.12 bits per heavy atom. The monoisotopic (exact) mass is 242 g/mol. The van der Waals surface area contributed by atoms with E-state index < -0.39 is 0 Å². The molecule has 0 spiro atoms. The Kier molecular flexibility index (Phi) is 5.06. The van der Waals surface area contributed by atoms with Gasteiger partial charge in [-0.3, -0.25) is 0 Å². The highest BCUT2D eigenvalue weighted by atomic mass is 35.5. The van der Waals surface area contributed by atoms with Crippen LogP contribution in [0.2, 0.25) is 5.02 Å². The van der Waals surface area contributed by atoms with Gasteiger partial charge >= 0.3 is 0 Å². The minimum Gasteiger partial charge on any atom is -0.496 e. The van der Waals surface area contributed by atoms with Crippen molar-refractivity contribution in [2.24, 2.45) is 17.4 Å². The van der Waals surface area contributed by atoms with E-state index in [0.717, 1.165) is 17.7 Å². The van der Waals surface area contributed by atoms with Crippen molar-refractivity contribution in [1.29, 1.82) is 0 Å². The molecule has 0 saturated carbocycles. The molecule has 0 aliphatic heterocycles. The Morgan fingerprint density at radius 3 is 2.69 bits per heavy atom. The van der Waals surface area contributed by atoms with Crippen molar-refractivity contribution in [2.45, 2.75) is 19.4 Å². The lowest BCUT2D eigenvalue weighted by Gasteiger charge is -2.18. The van der Waals surface area contributed by atoms with E-state index in [1.807, 2.05) is 12.1 Å². The molecule has 1 aromatic carbocycles. The van der Waals surface area contributed by atoms with E-state index >= 15 is 0 Å². The van der Waals surface area contributed by atoms with Crippen molar-refractivity contribution >= 4 is 11.6 Å². The second-order valence-electron chi connectivity index (χ2n) is 4.07. The van der Waals surface area contributed by atoms with E-state index in [1.54, 1.807) is 13.2 Å². The van der Waals surface area contributed by atoms with Gasteiger partial charge in [0, 0.05) is 16.6 Å². The first kappa shape index (κ1) is 13.3. The van der Waals surface area contributed by atoms with E-state index in [9.17, 15) is 0 Å². The topological polar surface area (TPSA) is 61.3 Å². The summed E-state index contributed by atoms with van der Waals surface area (Å²) in [4.78, 5) is 0.